The van der Waals surface area contributed by atoms with Crippen molar-refractivity contribution in [2.24, 2.45) is 5.41 Å². The molecule has 0 aliphatic heterocycles. The van der Waals surface area contributed by atoms with Crippen LogP contribution in [0.1, 0.15) is 20.8 Å². The van der Waals surface area contributed by atoms with E-state index in [1.165, 1.54) is 6.08 Å². The second-order valence-electron chi connectivity index (χ2n) is 5.25. The van der Waals surface area contributed by atoms with Crippen LogP contribution in [0.25, 0.3) is 0 Å². The van der Waals surface area contributed by atoms with Crippen molar-refractivity contribution in [2.45, 2.75) is 26.8 Å². The van der Waals surface area contributed by atoms with E-state index in [4.69, 9.17) is 21.4 Å². The molecule has 1 heterocycles. The molecule has 1 rings (SSSR count). The van der Waals surface area contributed by atoms with Crippen LogP contribution in [0.5, 0.6) is 0 Å². The summed E-state index contributed by atoms with van der Waals surface area (Å²) in [5.74, 6) is -0.0510. The molecular formula is C11H16ClFN3O3P. The summed E-state index contributed by atoms with van der Waals surface area (Å²) in [4.78, 5) is 24.9. The molecule has 0 fully saturated rings. The molecule has 6 nitrogen and oxygen atoms in total. The average Bonchev–Trinajstić information content (AvgIpc) is 2.25. The zero-order valence-electron chi connectivity index (χ0n) is 11.2. The van der Waals surface area contributed by atoms with Gasteiger partial charge < -0.3 is 15.1 Å². The van der Waals surface area contributed by atoms with Crippen LogP contribution in [-0.4, -0.2) is 25.8 Å². The van der Waals surface area contributed by atoms with Gasteiger partial charge >= 0.3 is 7.60 Å². The summed E-state index contributed by atoms with van der Waals surface area (Å²) in [7, 11) is -4.29. The van der Waals surface area contributed by atoms with Gasteiger partial charge in [-0.15, -0.1) is 0 Å². The standard InChI is InChI=1S/C11H16ClFN3O3P/c1-11(2,3)8(4-5-20(17,18)19)15-9-7(13)6-14-10(12)16-9/h4-6,8H,1-3H3,(H,14,15,16)(H2,17,18,19). The Morgan fingerprint density at radius 2 is 2.10 bits per heavy atom. The Morgan fingerprint density at radius 3 is 2.60 bits per heavy atom. The smallest absolute Gasteiger partial charge is 0.348 e. The van der Waals surface area contributed by atoms with Crippen LogP contribution in [0.4, 0.5) is 10.2 Å². The normalized spacial score (nSPS) is 14.6. The van der Waals surface area contributed by atoms with Crippen molar-refractivity contribution in [3.63, 3.8) is 0 Å². The predicted molar refractivity (Wildman–Crippen MR) is 75.0 cm³/mol. The fraction of sp³-hybridized carbons (Fsp3) is 0.455. The first-order valence-electron chi connectivity index (χ1n) is 5.68. The Labute approximate surface area is 121 Å². The molecule has 0 saturated carbocycles. The van der Waals surface area contributed by atoms with Crippen LogP contribution >= 0.6 is 19.2 Å². The number of anilines is 1. The zero-order valence-corrected chi connectivity index (χ0v) is 12.9. The number of nitrogens with one attached hydrogen (secondary N) is 1. The van der Waals surface area contributed by atoms with Gasteiger partial charge in [-0.25, -0.2) is 9.37 Å². The summed E-state index contributed by atoms with van der Waals surface area (Å²) in [6.07, 6.45) is 2.21. The number of nitrogens with zero attached hydrogens (tertiary/aromatic N) is 2. The van der Waals surface area contributed by atoms with Gasteiger partial charge in [0.2, 0.25) is 5.28 Å². The van der Waals surface area contributed by atoms with Crippen molar-refractivity contribution in [1.82, 2.24) is 9.97 Å². The van der Waals surface area contributed by atoms with Gasteiger partial charge in [0, 0.05) is 5.82 Å². The summed E-state index contributed by atoms with van der Waals surface area (Å²) in [5.41, 5.74) is -0.435. The third-order valence-electron chi connectivity index (χ3n) is 2.41. The first-order chi connectivity index (χ1) is 8.99. The Morgan fingerprint density at radius 1 is 1.50 bits per heavy atom. The molecule has 1 aromatic heterocycles. The first kappa shape index (κ1) is 17.0. The van der Waals surface area contributed by atoms with Crippen molar-refractivity contribution in [3.05, 3.63) is 29.2 Å². The van der Waals surface area contributed by atoms with E-state index in [0.717, 1.165) is 12.0 Å². The topological polar surface area (TPSA) is 95.3 Å². The van der Waals surface area contributed by atoms with Crippen molar-refractivity contribution in [2.75, 3.05) is 5.32 Å². The minimum atomic E-state index is -4.29. The van der Waals surface area contributed by atoms with E-state index < -0.39 is 24.9 Å². The molecule has 1 aromatic rings. The lowest BCUT2D eigenvalue weighted by atomic mass is 9.87. The first-order valence-corrected chi connectivity index (χ1v) is 7.74. The molecule has 0 amide bonds. The van der Waals surface area contributed by atoms with Crippen LogP contribution < -0.4 is 5.32 Å². The molecule has 1 atom stereocenters. The van der Waals surface area contributed by atoms with E-state index >= 15 is 0 Å². The maximum absolute atomic E-state index is 13.6. The lowest BCUT2D eigenvalue weighted by Crippen LogP contribution is -2.32. The van der Waals surface area contributed by atoms with Crippen molar-refractivity contribution < 1.29 is 18.7 Å². The fourth-order valence-corrected chi connectivity index (χ4v) is 1.88. The molecule has 0 aliphatic carbocycles. The highest BCUT2D eigenvalue weighted by atomic mass is 35.5. The van der Waals surface area contributed by atoms with E-state index in [1.807, 2.05) is 20.8 Å². The van der Waals surface area contributed by atoms with Crippen molar-refractivity contribution in [1.29, 1.82) is 0 Å². The van der Waals surface area contributed by atoms with E-state index in [2.05, 4.69) is 15.3 Å². The molecule has 3 N–H and O–H groups in total. The van der Waals surface area contributed by atoms with Crippen LogP contribution in [0.2, 0.25) is 5.28 Å². The van der Waals surface area contributed by atoms with E-state index in [-0.39, 0.29) is 11.1 Å². The molecule has 20 heavy (non-hydrogen) atoms. The molecule has 112 valence electrons. The Balaban J connectivity index is 3.05. The number of hydrogen-bond donors (Lipinski definition) is 3. The molecule has 0 spiro atoms. The second kappa shape index (κ2) is 6.18. The summed E-state index contributed by atoms with van der Waals surface area (Å²) >= 11 is 5.59. The number of rotatable bonds is 4. The van der Waals surface area contributed by atoms with Gasteiger partial charge in [-0.1, -0.05) is 26.8 Å². The van der Waals surface area contributed by atoms with Gasteiger partial charge in [-0.2, -0.15) is 4.98 Å². The third-order valence-corrected chi connectivity index (χ3v) is 3.16. The van der Waals surface area contributed by atoms with Gasteiger partial charge in [0.15, 0.2) is 11.6 Å². The monoisotopic (exact) mass is 323 g/mol. The molecular weight excluding hydrogens is 308 g/mol. The largest absolute Gasteiger partial charge is 0.361 e. The SMILES string of the molecule is CC(C)(C)C(C=CP(=O)(O)O)Nc1nc(Cl)ncc1F. The van der Waals surface area contributed by atoms with Crippen LogP contribution in [0, 0.1) is 11.2 Å². The molecule has 9 heteroatoms. The maximum Gasteiger partial charge on any atom is 0.348 e. The lowest BCUT2D eigenvalue weighted by Gasteiger charge is -2.29. The highest BCUT2D eigenvalue weighted by Crippen LogP contribution is 2.37. The summed E-state index contributed by atoms with van der Waals surface area (Å²) < 4.78 is 24.5. The third kappa shape index (κ3) is 5.54. The Bertz CT molecular complexity index is 556. The minimum Gasteiger partial charge on any atom is -0.361 e. The lowest BCUT2D eigenvalue weighted by molar-refractivity contribution is 0.377. The van der Waals surface area contributed by atoms with E-state index in [1.54, 1.807) is 0 Å². The molecule has 0 bridgehead atoms. The maximum atomic E-state index is 13.6. The minimum absolute atomic E-state index is 0.125. The Kier molecular flexibility index (Phi) is 5.27. The quantitative estimate of drug-likeness (QED) is 0.582. The van der Waals surface area contributed by atoms with Gasteiger partial charge in [-0.05, 0) is 17.0 Å². The van der Waals surface area contributed by atoms with Crippen LogP contribution in [-0.2, 0) is 4.57 Å². The van der Waals surface area contributed by atoms with Crippen molar-refractivity contribution in [3.8, 4) is 0 Å². The number of halogens is 2. The van der Waals surface area contributed by atoms with Gasteiger partial charge in [0.25, 0.3) is 0 Å². The van der Waals surface area contributed by atoms with Crippen LogP contribution in [0.3, 0.4) is 0 Å². The van der Waals surface area contributed by atoms with Crippen LogP contribution in [0.15, 0.2) is 18.1 Å². The molecule has 1 unspecified atom stereocenters. The van der Waals surface area contributed by atoms with E-state index in [0.29, 0.717) is 0 Å². The van der Waals surface area contributed by atoms with Gasteiger partial charge in [0.1, 0.15) is 0 Å². The molecule has 0 aliphatic rings. The molecule has 0 radical (unpaired) electrons. The highest BCUT2D eigenvalue weighted by Gasteiger charge is 2.25. The highest BCUT2D eigenvalue weighted by molar-refractivity contribution is 7.55. The van der Waals surface area contributed by atoms with Crippen molar-refractivity contribution >= 4 is 25.0 Å². The molecule has 0 saturated heterocycles. The number of hydrogen-bond acceptors (Lipinski definition) is 4. The summed E-state index contributed by atoms with van der Waals surface area (Å²) in [6, 6.07) is -0.560. The fourth-order valence-electron chi connectivity index (χ4n) is 1.35. The zero-order chi connectivity index (χ0) is 15.6. The second-order valence-corrected chi connectivity index (χ2v) is 7.07. The average molecular weight is 324 g/mol. The predicted octanol–water partition coefficient (Wildman–Crippen LogP) is 2.79. The number of aromatic nitrogens is 2. The summed E-state index contributed by atoms with van der Waals surface area (Å²) in [6.45, 7) is 5.49. The summed E-state index contributed by atoms with van der Waals surface area (Å²) in [5, 5.41) is 2.64. The van der Waals surface area contributed by atoms with Gasteiger partial charge in [0.05, 0.1) is 12.2 Å². The van der Waals surface area contributed by atoms with Gasteiger partial charge in [-0.3, -0.25) is 4.57 Å². The molecule has 0 aromatic carbocycles. The van der Waals surface area contributed by atoms with E-state index in [9.17, 15) is 8.96 Å². The Hall–Kier alpha value is -1.01.